The summed E-state index contributed by atoms with van der Waals surface area (Å²) in [6.07, 6.45) is 2.06. The van der Waals surface area contributed by atoms with Crippen molar-refractivity contribution in [2.24, 2.45) is 16.9 Å². The second-order valence-electron chi connectivity index (χ2n) is 9.95. The van der Waals surface area contributed by atoms with Gasteiger partial charge in [0.2, 0.25) is 11.7 Å². The van der Waals surface area contributed by atoms with Crippen LogP contribution in [-0.2, 0) is 14.3 Å². The van der Waals surface area contributed by atoms with Crippen LogP contribution in [0, 0.1) is 11.8 Å². The number of ether oxygens (including phenoxy) is 1. The van der Waals surface area contributed by atoms with Crippen LogP contribution < -0.4 is 10.7 Å². The molecule has 35 heavy (non-hydrogen) atoms. The molecule has 0 aromatic heterocycles. The van der Waals surface area contributed by atoms with Crippen molar-refractivity contribution < 1.29 is 28.5 Å². The van der Waals surface area contributed by atoms with Crippen molar-refractivity contribution >= 4 is 35.4 Å². The van der Waals surface area contributed by atoms with Crippen molar-refractivity contribution in [1.29, 1.82) is 0 Å². The number of ketones is 1. The van der Waals surface area contributed by atoms with E-state index >= 15 is 0 Å². The van der Waals surface area contributed by atoms with Crippen molar-refractivity contribution in [3.05, 3.63) is 30.3 Å². The molecule has 1 fully saturated rings. The second kappa shape index (κ2) is 11.5. The van der Waals surface area contributed by atoms with Crippen molar-refractivity contribution in [3.8, 4) is 0 Å². The number of urea groups is 1. The number of cyclic esters (lactones) is 1. The number of hydrazine groups is 1. The molecule has 2 aliphatic heterocycles. The third kappa shape index (κ3) is 6.52. The number of nitrogens with zero attached hydrogens (tertiary/aromatic N) is 3. The average Bonchev–Trinajstić information content (AvgIpc) is 3.15. The van der Waals surface area contributed by atoms with Gasteiger partial charge in [0.25, 0.3) is 0 Å². The molecule has 2 heterocycles. The molecule has 4 amide bonds. The number of hydrogen-bond donors (Lipinski definition) is 2. The topological polar surface area (TPSA) is 117 Å². The van der Waals surface area contributed by atoms with Gasteiger partial charge in [-0.25, -0.2) is 15.2 Å². The van der Waals surface area contributed by atoms with Gasteiger partial charge in [0.1, 0.15) is 12.6 Å². The molecule has 2 aliphatic rings. The van der Waals surface area contributed by atoms with E-state index < -0.39 is 28.5 Å². The van der Waals surface area contributed by atoms with Crippen LogP contribution in [0.5, 0.6) is 0 Å². The lowest BCUT2D eigenvalue weighted by Gasteiger charge is -2.35. The van der Waals surface area contributed by atoms with Gasteiger partial charge in [-0.15, -0.1) is 0 Å². The number of para-hydroxylation sites is 1. The number of nitrogens with one attached hydrogen (secondary N) is 2. The number of quaternary nitrogens is 1. The van der Waals surface area contributed by atoms with Gasteiger partial charge in [-0.1, -0.05) is 45.9 Å². The Morgan fingerprint density at radius 1 is 1.11 bits per heavy atom. The van der Waals surface area contributed by atoms with Gasteiger partial charge in [0.15, 0.2) is 0 Å². The van der Waals surface area contributed by atoms with Gasteiger partial charge >= 0.3 is 18.0 Å². The van der Waals surface area contributed by atoms with Crippen molar-refractivity contribution in [2.45, 2.75) is 65.8 Å². The number of piperidine rings is 1. The van der Waals surface area contributed by atoms with E-state index in [1.54, 1.807) is 17.1 Å². The van der Waals surface area contributed by atoms with E-state index in [0.29, 0.717) is 31.0 Å². The Morgan fingerprint density at radius 3 is 2.49 bits per heavy atom. The van der Waals surface area contributed by atoms with Gasteiger partial charge in [0, 0.05) is 24.6 Å². The summed E-state index contributed by atoms with van der Waals surface area (Å²) in [5, 5.41) is 8.66. The third-order valence-electron chi connectivity index (χ3n) is 5.99. The number of carbonyl (C=O) groups is 4. The van der Waals surface area contributed by atoms with E-state index in [1.807, 2.05) is 45.9 Å². The summed E-state index contributed by atoms with van der Waals surface area (Å²) in [4.78, 5) is 52.0. The molecule has 1 aromatic rings. The predicted molar refractivity (Wildman–Crippen MR) is 131 cm³/mol. The summed E-state index contributed by atoms with van der Waals surface area (Å²) >= 11 is 0. The minimum absolute atomic E-state index is 0.0281. The molecule has 0 saturated carbocycles. The Morgan fingerprint density at radius 2 is 1.83 bits per heavy atom. The first-order valence-corrected chi connectivity index (χ1v) is 12.3. The molecule has 3 rings (SSSR count). The number of anilines is 1. The van der Waals surface area contributed by atoms with Gasteiger partial charge in [0.05, 0.1) is 0 Å². The number of Topliss-reactive ketones (excluding diaryl/α,β-unsaturated/α-hetero) is 1. The summed E-state index contributed by atoms with van der Waals surface area (Å²) < 4.78 is 4.20. The highest BCUT2D eigenvalue weighted by Gasteiger charge is 2.56. The normalized spacial score (nSPS) is 22.6. The largest absolute Gasteiger partial charge is 0.560 e. The molecule has 190 valence electrons. The lowest BCUT2D eigenvalue weighted by Crippen LogP contribution is -2.63. The van der Waals surface area contributed by atoms with Crippen molar-refractivity contribution in [1.82, 2.24) is 10.4 Å². The smallest absolute Gasteiger partial charge is 0.350 e. The first kappa shape index (κ1) is 26.5. The Kier molecular flexibility index (Phi) is 8.74. The second-order valence-corrected chi connectivity index (χ2v) is 9.95. The highest BCUT2D eigenvalue weighted by Crippen LogP contribution is 2.25. The number of hydrogen-bond acceptors (Lipinski definition) is 7. The number of amides is 4. The summed E-state index contributed by atoms with van der Waals surface area (Å²) in [7, 11) is 0. The number of carbonyl (C=O) groups excluding carboxylic acids is 4. The summed E-state index contributed by atoms with van der Waals surface area (Å²) in [6, 6.07) is 7.74. The lowest BCUT2D eigenvalue weighted by molar-refractivity contribution is -0.780. The Balaban J connectivity index is 1.79. The Hall–Kier alpha value is -3.11. The van der Waals surface area contributed by atoms with Gasteiger partial charge < -0.3 is 10.1 Å². The maximum absolute atomic E-state index is 13.5. The molecule has 10 nitrogen and oxygen atoms in total. The van der Waals surface area contributed by atoms with E-state index in [9.17, 15) is 19.2 Å². The lowest BCUT2D eigenvalue weighted by atomic mass is 10.0. The molecule has 0 aliphatic carbocycles. The first-order chi connectivity index (χ1) is 16.6. The van der Waals surface area contributed by atoms with Crippen LogP contribution in [0.4, 0.5) is 15.3 Å². The predicted octanol–water partition coefficient (Wildman–Crippen LogP) is 4.05. The molecule has 0 radical (unpaired) electrons. The van der Waals surface area contributed by atoms with E-state index in [0.717, 1.165) is 12.8 Å². The Labute approximate surface area is 206 Å². The summed E-state index contributed by atoms with van der Waals surface area (Å²) in [6.45, 7) is 8.16. The van der Waals surface area contributed by atoms with Crippen LogP contribution in [0.15, 0.2) is 35.4 Å². The fourth-order valence-electron chi connectivity index (χ4n) is 4.16. The third-order valence-corrected chi connectivity index (χ3v) is 5.99. The average molecular weight is 487 g/mol. The van der Waals surface area contributed by atoms with Crippen molar-refractivity contribution in [3.63, 3.8) is 0 Å². The van der Waals surface area contributed by atoms with Gasteiger partial charge in [-0.05, 0) is 53.4 Å². The highest BCUT2D eigenvalue weighted by molar-refractivity contribution is 6.38. The molecule has 0 bridgehead atoms. The van der Waals surface area contributed by atoms with E-state index in [-0.39, 0.29) is 30.7 Å². The molecule has 1 unspecified atom stereocenters. The molecule has 1 aromatic carbocycles. The van der Waals surface area contributed by atoms with Crippen LogP contribution in [0.25, 0.3) is 0 Å². The molecule has 0 spiro atoms. The molecule has 1 saturated heterocycles. The van der Waals surface area contributed by atoms with Gasteiger partial charge in [-0.2, -0.15) is 4.79 Å². The summed E-state index contributed by atoms with van der Waals surface area (Å²) in [5.74, 6) is -0.776. The maximum atomic E-state index is 13.5. The quantitative estimate of drug-likeness (QED) is 0.509. The fourth-order valence-corrected chi connectivity index (χ4v) is 4.16. The zero-order valence-electron chi connectivity index (χ0n) is 21.0. The van der Waals surface area contributed by atoms with Crippen LogP contribution >= 0.6 is 0 Å². The number of benzene rings is 1. The molecular weight excluding hydrogens is 450 g/mol. The standard InChI is InChI=1S/C25H35N5O5/c1-17(2)13-14-21(31)23-28-30(16-18(3)4,25(34)35-23)24(33)27-29-15-9-8-12-20(29)22(32)26-19-10-6-5-7-11-19/h5-7,10-11,17-18,20H,8-9,12-16H2,1-4H3,(H-,26,27,32,33)/p+1/t20-,30?/m1/s1. The first-order valence-electron chi connectivity index (χ1n) is 12.3. The molecule has 2 N–H and O–H groups in total. The fraction of sp³-hybridized carbons (Fsp3) is 0.560. The minimum atomic E-state index is -1.01. The van der Waals surface area contributed by atoms with E-state index in [2.05, 4.69) is 15.8 Å². The summed E-state index contributed by atoms with van der Waals surface area (Å²) in [5.41, 5.74) is 3.41. The number of rotatable bonds is 9. The van der Waals surface area contributed by atoms with Crippen molar-refractivity contribution in [2.75, 3.05) is 18.4 Å². The highest BCUT2D eigenvalue weighted by atomic mass is 16.6. The van der Waals surface area contributed by atoms with Crippen LogP contribution in [-0.4, -0.2) is 58.4 Å². The van der Waals surface area contributed by atoms with E-state index in [4.69, 9.17) is 4.74 Å². The van der Waals surface area contributed by atoms with Gasteiger partial charge in [-0.3, -0.25) is 9.59 Å². The van der Waals surface area contributed by atoms with Crippen LogP contribution in [0.3, 0.4) is 0 Å². The van der Waals surface area contributed by atoms with Crippen LogP contribution in [0.1, 0.15) is 59.8 Å². The molecule has 10 heteroatoms. The Bertz CT molecular complexity index is 978. The molecular formula is C25H36N5O5+. The molecule has 2 atom stereocenters. The van der Waals surface area contributed by atoms with E-state index in [1.165, 1.54) is 0 Å². The van der Waals surface area contributed by atoms with Crippen LogP contribution in [0.2, 0.25) is 0 Å². The SMILES string of the molecule is CC(C)CCC(=O)C1=N[N+](CC(C)C)(C(=O)NN2CCCC[C@@H]2C(=O)Nc2ccccc2)C(=O)O1. The zero-order chi connectivity index (χ0) is 25.6. The monoisotopic (exact) mass is 486 g/mol. The number of imide groups is 1. The zero-order valence-corrected chi connectivity index (χ0v) is 21.0. The minimum Gasteiger partial charge on any atom is -0.350 e. The maximum Gasteiger partial charge on any atom is 0.560 e.